The highest BCUT2D eigenvalue weighted by Crippen LogP contribution is 2.38. The third-order valence-corrected chi connectivity index (χ3v) is 4.65. The smallest absolute Gasteiger partial charge is 0.344 e. The van der Waals surface area contributed by atoms with E-state index in [4.69, 9.17) is 10.9 Å². The van der Waals surface area contributed by atoms with Gasteiger partial charge in [-0.2, -0.15) is 0 Å². The second kappa shape index (κ2) is 5.57. The average Bonchev–Trinajstić information content (AvgIpc) is 3.24. The van der Waals surface area contributed by atoms with Crippen molar-refractivity contribution in [3.8, 4) is 0 Å². The topological polar surface area (TPSA) is 109 Å². The van der Waals surface area contributed by atoms with Gasteiger partial charge < -0.3 is 10.9 Å². The van der Waals surface area contributed by atoms with Gasteiger partial charge in [-0.25, -0.2) is 9.89 Å². The molecular formula is C12H12BrN5O2S. The zero-order valence-electron chi connectivity index (χ0n) is 10.8. The lowest BCUT2D eigenvalue weighted by atomic mass is 10.2. The van der Waals surface area contributed by atoms with Crippen LogP contribution in [0.4, 0.5) is 0 Å². The molecule has 0 amide bonds. The molecule has 0 atom stereocenters. The summed E-state index contributed by atoms with van der Waals surface area (Å²) in [5.74, 6) is 0.00894. The van der Waals surface area contributed by atoms with Gasteiger partial charge in [-0.3, -0.25) is 4.57 Å². The van der Waals surface area contributed by atoms with Crippen LogP contribution in [-0.2, 0) is 0 Å². The van der Waals surface area contributed by atoms with Gasteiger partial charge in [0.25, 0.3) is 0 Å². The molecule has 0 saturated heterocycles. The lowest BCUT2D eigenvalue weighted by molar-refractivity contribution is 0.318. The highest BCUT2D eigenvalue weighted by atomic mass is 79.9. The summed E-state index contributed by atoms with van der Waals surface area (Å²) in [4.78, 5) is 12.5. The molecule has 1 saturated carbocycles. The monoisotopic (exact) mass is 369 g/mol. The molecule has 110 valence electrons. The lowest BCUT2D eigenvalue weighted by Gasteiger charge is -2.08. The van der Waals surface area contributed by atoms with Crippen LogP contribution in [0.1, 0.15) is 24.4 Å². The summed E-state index contributed by atoms with van der Waals surface area (Å²) in [5.41, 5.74) is 6.07. The summed E-state index contributed by atoms with van der Waals surface area (Å²) >= 11 is 4.66. The summed E-state index contributed by atoms with van der Waals surface area (Å²) < 4.78 is 2.47. The number of aromatic nitrogens is 3. The first-order chi connectivity index (χ1) is 10.1. The van der Waals surface area contributed by atoms with E-state index in [0.717, 1.165) is 22.2 Å². The lowest BCUT2D eigenvalue weighted by Crippen LogP contribution is -2.16. The summed E-state index contributed by atoms with van der Waals surface area (Å²) in [7, 11) is 0. The molecule has 0 aliphatic heterocycles. The Morgan fingerprint density at radius 3 is 3.00 bits per heavy atom. The molecule has 21 heavy (non-hydrogen) atoms. The van der Waals surface area contributed by atoms with Gasteiger partial charge in [0.2, 0.25) is 0 Å². The number of benzene rings is 1. The number of aromatic amines is 1. The predicted octanol–water partition coefficient (Wildman–Crippen LogP) is 1.91. The number of hydrogen-bond acceptors (Lipinski definition) is 5. The fourth-order valence-corrected chi connectivity index (χ4v) is 3.35. The molecule has 1 fully saturated rings. The Morgan fingerprint density at radius 2 is 2.33 bits per heavy atom. The van der Waals surface area contributed by atoms with Crippen molar-refractivity contribution >= 4 is 33.5 Å². The zero-order chi connectivity index (χ0) is 15.0. The Balaban J connectivity index is 2.01. The molecule has 1 aromatic heterocycles. The Morgan fingerprint density at radius 1 is 1.57 bits per heavy atom. The van der Waals surface area contributed by atoms with Crippen LogP contribution in [0, 0.1) is 0 Å². The third kappa shape index (κ3) is 2.84. The van der Waals surface area contributed by atoms with Crippen molar-refractivity contribution in [1.29, 1.82) is 0 Å². The molecule has 3 rings (SSSR count). The quantitative estimate of drug-likeness (QED) is 0.330. The first kappa shape index (κ1) is 14.2. The van der Waals surface area contributed by atoms with Crippen LogP contribution in [-0.4, -0.2) is 25.8 Å². The second-order valence-electron chi connectivity index (χ2n) is 4.64. The van der Waals surface area contributed by atoms with Gasteiger partial charge in [-0.05, 0) is 42.8 Å². The first-order valence-electron chi connectivity index (χ1n) is 6.22. The summed E-state index contributed by atoms with van der Waals surface area (Å²) in [6, 6.07) is 5.66. The molecule has 1 aliphatic rings. The van der Waals surface area contributed by atoms with Crippen molar-refractivity contribution in [2.75, 3.05) is 0 Å². The Hall–Kier alpha value is -1.74. The summed E-state index contributed by atoms with van der Waals surface area (Å²) in [6.07, 6.45) is 1.97. The molecule has 1 aliphatic carbocycles. The van der Waals surface area contributed by atoms with Crippen LogP contribution in [0.5, 0.6) is 0 Å². The van der Waals surface area contributed by atoms with E-state index in [1.165, 1.54) is 11.8 Å². The molecule has 0 unspecified atom stereocenters. The van der Waals surface area contributed by atoms with Crippen LogP contribution in [0.3, 0.4) is 0 Å². The second-order valence-corrected chi connectivity index (χ2v) is 6.57. The van der Waals surface area contributed by atoms with E-state index in [1.807, 2.05) is 12.1 Å². The molecule has 9 heteroatoms. The van der Waals surface area contributed by atoms with Crippen molar-refractivity contribution in [2.24, 2.45) is 10.9 Å². The molecule has 0 bridgehead atoms. The van der Waals surface area contributed by atoms with E-state index < -0.39 is 0 Å². The first-order valence-corrected chi connectivity index (χ1v) is 7.83. The standard InChI is InChI=1S/C12H12BrN5O2S/c13-6-1-4-9(8(5-6)10(14)17-20)21-12-16-15-11(19)18(12)7-2-3-7/h1,4-5,7,20H,2-3H2,(H2,14,17)(H,15,19). The van der Waals surface area contributed by atoms with Crippen LogP contribution in [0.15, 0.2) is 42.7 Å². The Kier molecular flexibility index (Phi) is 3.77. The Labute approximate surface area is 132 Å². The number of hydrogen-bond donors (Lipinski definition) is 3. The van der Waals surface area contributed by atoms with E-state index in [0.29, 0.717) is 10.7 Å². The van der Waals surface area contributed by atoms with Gasteiger partial charge >= 0.3 is 5.69 Å². The Bertz CT molecular complexity index is 765. The third-order valence-electron chi connectivity index (χ3n) is 3.11. The van der Waals surface area contributed by atoms with Gasteiger partial charge in [-0.15, -0.1) is 5.10 Å². The maximum atomic E-state index is 11.8. The van der Waals surface area contributed by atoms with E-state index in [1.54, 1.807) is 10.6 Å². The largest absolute Gasteiger partial charge is 0.409 e. The van der Waals surface area contributed by atoms with Crippen LogP contribution >= 0.6 is 27.7 Å². The number of nitrogens with zero attached hydrogens (tertiary/aromatic N) is 3. The van der Waals surface area contributed by atoms with Gasteiger partial charge in [-0.1, -0.05) is 21.1 Å². The number of nitrogens with one attached hydrogen (secondary N) is 1. The molecule has 4 N–H and O–H groups in total. The van der Waals surface area contributed by atoms with Gasteiger partial charge in [0, 0.05) is 21.0 Å². The number of nitrogens with two attached hydrogens (primary N) is 1. The molecular weight excluding hydrogens is 358 g/mol. The van der Waals surface area contributed by atoms with E-state index in [2.05, 4.69) is 31.3 Å². The molecule has 0 radical (unpaired) electrons. The fourth-order valence-electron chi connectivity index (χ4n) is 1.96. The van der Waals surface area contributed by atoms with Crippen LogP contribution in [0.25, 0.3) is 0 Å². The normalized spacial score (nSPS) is 15.4. The molecule has 7 nitrogen and oxygen atoms in total. The predicted molar refractivity (Wildman–Crippen MR) is 81.9 cm³/mol. The molecule has 1 heterocycles. The van der Waals surface area contributed by atoms with Crippen molar-refractivity contribution in [2.45, 2.75) is 28.9 Å². The minimum atomic E-state index is -0.206. The number of halogens is 1. The number of oxime groups is 1. The van der Waals surface area contributed by atoms with Crippen molar-refractivity contribution in [1.82, 2.24) is 14.8 Å². The van der Waals surface area contributed by atoms with Crippen molar-refractivity contribution in [3.05, 3.63) is 38.7 Å². The summed E-state index contributed by atoms with van der Waals surface area (Å²) in [6.45, 7) is 0. The van der Waals surface area contributed by atoms with Gasteiger partial charge in [0.05, 0.1) is 0 Å². The molecule has 2 aromatic rings. The summed E-state index contributed by atoms with van der Waals surface area (Å²) in [5, 5.41) is 19.0. The van der Waals surface area contributed by atoms with Crippen molar-refractivity contribution in [3.63, 3.8) is 0 Å². The maximum Gasteiger partial charge on any atom is 0.344 e. The van der Waals surface area contributed by atoms with Crippen LogP contribution in [0.2, 0.25) is 0 Å². The number of amidine groups is 1. The van der Waals surface area contributed by atoms with E-state index in [9.17, 15) is 4.79 Å². The number of H-pyrrole nitrogens is 1. The van der Waals surface area contributed by atoms with E-state index in [-0.39, 0.29) is 17.6 Å². The fraction of sp³-hybridized carbons (Fsp3) is 0.250. The molecule has 1 aromatic carbocycles. The minimum Gasteiger partial charge on any atom is -0.409 e. The molecule has 0 spiro atoms. The van der Waals surface area contributed by atoms with Gasteiger partial charge in [0.15, 0.2) is 11.0 Å². The number of rotatable bonds is 4. The highest BCUT2D eigenvalue weighted by Gasteiger charge is 2.29. The van der Waals surface area contributed by atoms with Crippen molar-refractivity contribution < 1.29 is 5.21 Å². The van der Waals surface area contributed by atoms with Gasteiger partial charge in [0.1, 0.15) is 0 Å². The SMILES string of the molecule is N/C(=N/O)c1cc(Br)ccc1Sc1n[nH]c(=O)n1C1CC1. The van der Waals surface area contributed by atoms with Crippen LogP contribution < -0.4 is 11.4 Å². The minimum absolute atomic E-state index is 0.00894. The maximum absolute atomic E-state index is 11.8. The zero-order valence-corrected chi connectivity index (χ0v) is 13.2. The van der Waals surface area contributed by atoms with E-state index >= 15 is 0 Å². The average molecular weight is 370 g/mol. The highest BCUT2D eigenvalue weighted by molar-refractivity contribution is 9.10.